The Bertz CT molecular complexity index is 1090. The predicted molar refractivity (Wildman–Crippen MR) is 104 cm³/mol. The molecular formula is C18H12ClN5O3S. The van der Waals surface area contributed by atoms with Crippen LogP contribution in [0.4, 0.5) is 5.69 Å². The summed E-state index contributed by atoms with van der Waals surface area (Å²) in [4.78, 5) is 20.6. The zero-order valence-corrected chi connectivity index (χ0v) is 15.8. The molecule has 0 bridgehead atoms. The average molecular weight is 414 g/mol. The van der Waals surface area contributed by atoms with Crippen LogP contribution in [0.5, 0.6) is 0 Å². The van der Waals surface area contributed by atoms with Gasteiger partial charge in [-0.15, -0.1) is 10.2 Å². The Morgan fingerprint density at radius 2 is 1.79 bits per heavy atom. The first kappa shape index (κ1) is 18.2. The van der Waals surface area contributed by atoms with Crippen LogP contribution < -0.4 is 5.32 Å². The van der Waals surface area contributed by atoms with Crippen LogP contribution in [-0.2, 0) is 4.79 Å². The highest BCUT2D eigenvalue weighted by Gasteiger charge is 2.18. The number of thioether (sulfide) groups is 1. The van der Waals surface area contributed by atoms with E-state index in [4.69, 9.17) is 20.4 Å². The van der Waals surface area contributed by atoms with Gasteiger partial charge in [0.1, 0.15) is 5.69 Å². The number of rotatable bonds is 6. The summed E-state index contributed by atoms with van der Waals surface area (Å²) in [6.45, 7) is 0. The smallest absolute Gasteiger partial charge is 0.234 e. The number of amides is 1. The van der Waals surface area contributed by atoms with Gasteiger partial charge in [-0.3, -0.25) is 4.79 Å². The Kier molecular flexibility index (Phi) is 5.36. The number of hydrogen-bond acceptors (Lipinski definition) is 8. The van der Waals surface area contributed by atoms with E-state index in [1.807, 2.05) is 0 Å². The zero-order valence-electron chi connectivity index (χ0n) is 14.2. The maximum atomic E-state index is 12.2. The Balaban J connectivity index is 1.52. The van der Waals surface area contributed by atoms with Gasteiger partial charge in [0.15, 0.2) is 22.4 Å². The van der Waals surface area contributed by atoms with Crippen LogP contribution in [0.15, 0.2) is 69.1 Å². The second-order valence-electron chi connectivity index (χ2n) is 5.42. The van der Waals surface area contributed by atoms with Crippen molar-refractivity contribution in [1.29, 1.82) is 0 Å². The van der Waals surface area contributed by atoms with Crippen molar-refractivity contribution in [2.75, 3.05) is 11.1 Å². The number of carbonyl (C=O) groups excluding carboxylic acids is 1. The third-order valence-electron chi connectivity index (χ3n) is 3.54. The monoisotopic (exact) mass is 413 g/mol. The second-order valence-corrected chi connectivity index (χ2v) is 6.73. The molecule has 10 heteroatoms. The lowest BCUT2D eigenvalue weighted by atomic mass is 10.2. The zero-order chi connectivity index (χ0) is 19.3. The maximum Gasteiger partial charge on any atom is 0.234 e. The normalized spacial score (nSPS) is 10.8. The lowest BCUT2D eigenvalue weighted by Crippen LogP contribution is -2.15. The predicted octanol–water partition coefficient (Wildman–Crippen LogP) is 4.17. The highest BCUT2D eigenvalue weighted by Crippen LogP contribution is 2.30. The van der Waals surface area contributed by atoms with E-state index in [0.29, 0.717) is 33.8 Å². The first-order chi connectivity index (χ1) is 13.7. The van der Waals surface area contributed by atoms with E-state index >= 15 is 0 Å². The molecule has 4 heterocycles. The molecule has 4 aromatic heterocycles. The molecule has 0 aromatic carbocycles. The van der Waals surface area contributed by atoms with Crippen molar-refractivity contribution in [1.82, 2.24) is 20.2 Å². The molecule has 0 saturated heterocycles. The van der Waals surface area contributed by atoms with Crippen LogP contribution in [0.3, 0.4) is 0 Å². The molecule has 4 rings (SSSR count). The van der Waals surface area contributed by atoms with Gasteiger partial charge in [0.05, 0.1) is 24.0 Å². The lowest BCUT2D eigenvalue weighted by Gasteiger charge is -2.07. The van der Waals surface area contributed by atoms with Crippen LogP contribution in [0.2, 0.25) is 5.15 Å². The average Bonchev–Trinajstić information content (AvgIpc) is 3.42. The van der Waals surface area contributed by atoms with E-state index in [9.17, 15) is 4.79 Å². The lowest BCUT2D eigenvalue weighted by molar-refractivity contribution is -0.113. The van der Waals surface area contributed by atoms with E-state index in [1.54, 1.807) is 55.1 Å². The third-order valence-corrected chi connectivity index (χ3v) is 4.68. The van der Waals surface area contributed by atoms with Crippen molar-refractivity contribution in [2.24, 2.45) is 0 Å². The summed E-state index contributed by atoms with van der Waals surface area (Å²) < 4.78 is 10.8. The van der Waals surface area contributed by atoms with Gasteiger partial charge in [-0.1, -0.05) is 23.4 Å². The van der Waals surface area contributed by atoms with E-state index in [1.165, 1.54) is 0 Å². The minimum atomic E-state index is -0.266. The molecule has 0 radical (unpaired) electrons. The SMILES string of the molecule is O=C(CSc1nnc(-c2ccco2)c(-c2ccco2)n1)Nc1cccnc1Cl. The quantitative estimate of drug-likeness (QED) is 0.370. The molecule has 28 heavy (non-hydrogen) atoms. The second kappa shape index (κ2) is 8.24. The fourth-order valence-corrected chi connectivity index (χ4v) is 3.09. The Hall–Kier alpha value is -3.17. The highest BCUT2D eigenvalue weighted by molar-refractivity contribution is 7.99. The van der Waals surface area contributed by atoms with Gasteiger partial charge in [-0.05, 0) is 36.4 Å². The fraction of sp³-hybridized carbons (Fsp3) is 0.0556. The number of anilines is 1. The van der Waals surface area contributed by atoms with Crippen molar-refractivity contribution in [3.05, 3.63) is 60.3 Å². The number of nitrogens with zero attached hydrogens (tertiary/aromatic N) is 4. The van der Waals surface area contributed by atoms with Crippen LogP contribution in [0.1, 0.15) is 0 Å². The summed E-state index contributed by atoms with van der Waals surface area (Å²) in [6, 6.07) is 10.4. The first-order valence-electron chi connectivity index (χ1n) is 8.06. The molecule has 0 fully saturated rings. The molecular weight excluding hydrogens is 402 g/mol. The van der Waals surface area contributed by atoms with E-state index in [-0.39, 0.29) is 16.8 Å². The van der Waals surface area contributed by atoms with Crippen molar-refractivity contribution < 1.29 is 13.6 Å². The van der Waals surface area contributed by atoms with E-state index in [0.717, 1.165) is 11.8 Å². The Morgan fingerprint density at radius 1 is 1.04 bits per heavy atom. The maximum absolute atomic E-state index is 12.2. The molecule has 0 unspecified atom stereocenters. The summed E-state index contributed by atoms with van der Waals surface area (Å²) in [5, 5.41) is 11.5. The number of nitrogens with one attached hydrogen (secondary N) is 1. The number of furan rings is 2. The number of halogens is 1. The number of aromatic nitrogens is 4. The molecule has 1 N–H and O–H groups in total. The van der Waals surface area contributed by atoms with Gasteiger partial charge in [-0.2, -0.15) is 0 Å². The van der Waals surface area contributed by atoms with Gasteiger partial charge in [-0.25, -0.2) is 9.97 Å². The van der Waals surface area contributed by atoms with Crippen molar-refractivity contribution in [3.8, 4) is 22.9 Å². The molecule has 0 atom stereocenters. The molecule has 0 spiro atoms. The fourth-order valence-electron chi connectivity index (χ4n) is 2.33. The van der Waals surface area contributed by atoms with Gasteiger partial charge in [0.25, 0.3) is 0 Å². The molecule has 4 aromatic rings. The summed E-state index contributed by atoms with van der Waals surface area (Å²) in [5.41, 5.74) is 1.38. The summed E-state index contributed by atoms with van der Waals surface area (Å²) in [5.74, 6) is 0.852. The third kappa shape index (κ3) is 4.05. The van der Waals surface area contributed by atoms with E-state index in [2.05, 4.69) is 25.5 Å². The minimum absolute atomic E-state index is 0.0740. The number of pyridine rings is 1. The van der Waals surface area contributed by atoms with Crippen LogP contribution >= 0.6 is 23.4 Å². The van der Waals surface area contributed by atoms with Crippen molar-refractivity contribution in [2.45, 2.75) is 5.16 Å². The molecule has 0 aliphatic heterocycles. The standard InChI is InChI=1S/C18H12ClN5O3S/c19-17-11(4-1-7-20-17)21-14(25)10-28-18-22-15(12-5-2-8-26-12)16(23-24-18)13-6-3-9-27-13/h1-9H,10H2,(H,21,25). The van der Waals surface area contributed by atoms with Gasteiger partial charge < -0.3 is 14.2 Å². The van der Waals surface area contributed by atoms with Crippen LogP contribution in [0.25, 0.3) is 22.9 Å². The van der Waals surface area contributed by atoms with Gasteiger partial charge >= 0.3 is 0 Å². The van der Waals surface area contributed by atoms with Crippen molar-refractivity contribution in [3.63, 3.8) is 0 Å². The summed E-state index contributed by atoms with van der Waals surface area (Å²) in [7, 11) is 0. The summed E-state index contributed by atoms with van der Waals surface area (Å²) in [6.07, 6.45) is 4.63. The first-order valence-corrected chi connectivity index (χ1v) is 9.42. The molecule has 8 nitrogen and oxygen atoms in total. The largest absolute Gasteiger partial charge is 0.463 e. The summed E-state index contributed by atoms with van der Waals surface area (Å²) >= 11 is 7.08. The molecule has 0 aliphatic rings. The van der Waals surface area contributed by atoms with Crippen molar-refractivity contribution >= 4 is 35.0 Å². The van der Waals surface area contributed by atoms with Crippen LogP contribution in [-0.4, -0.2) is 31.8 Å². The van der Waals surface area contributed by atoms with Gasteiger partial charge in [0, 0.05) is 6.20 Å². The Labute approximate surface area is 168 Å². The van der Waals surface area contributed by atoms with Crippen LogP contribution in [0, 0.1) is 0 Å². The van der Waals surface area contributed by atoms with E-state index < -0.39 is 0 Å². The Morgan fingerprint density at radius 3 is 2.46 bits per heavy atom. The molecule has 1 amide bonds. The topological polar surface area (TPSA) is 107 Å². The molecule has 0 saturated carbocycles. The molecule has 0 aliphatic carbocycles. The number of hydrogen-bond donors (Lipinski definition) is 1. The van der Waals surface area contributed by atoms with Gasteiger partial charge in [0.2, 0.25) is 11.1 Å². The minimum Gasteiger partial charge on any atom is -0.463 e. The molecule has 140 valence electrons. The number of carbonyl (C=O) groups is 1. The highest BCUT2D eigenvalue weighted by atomic mass is 35.5.